The smallest absolute Gasteiger partial charge is 0.251 e. The molecule has 1 unspecified atom stereocenters. The van der Waals surface area contributed by atoms with E-state index in [4.69, 9.17) is 9.47 Å². The van der Waals surface area contributed by atoms with Gasteiger partial charge in [-0.25, -0.2) is 0 Å². The molecule has 1 saturated heterocycles. The second-order valence-electron chi connectivity index (χ2n) is 7.37. The maximum atomic E-state index is 12.5. The largest absolute Gasteiger partial charge is 0.494 e. The second-order valence-corrected chi connectivity index (χ2v) is 7.37. The molecule has 0 spiro atoms. The van der Waals surface area contributed by atoms with Gasteiger partial charge in [0.2, 0.25) is 0 Å². The van der Waals surface area contributed by atoms with Crippen molar-refractivity contribution in [2.45, 2.75) is 39.0 Å². The molecule has 2 aromatic carbocycles. The number of halogens is 1. The molecule has 8 heteroatoms. The van der Waals surface area contributed by atoms with Crippen molar-refractivity contribution < 1.29 is 14.3 Å². The lowest BCUT2D eigenvalue weighted by atomic mass is 10.1. The van der Waals surface area contributed by atoms with Gasteiger partial charge >= 0.3 is 0 Å². The van der Waals surface area contributed by atoms with Crippen LogP contribution in [0.2, 0.25) is 0 Å². The highest BCUT2D eigenvalue weighted by Crippen LogP contribution is 2.17. The van der Waals surface area contributed by atoms with Crippen LogP contribution in [0.5, 0.6) is 5.75 Å². The topological polar surface area (TPSA) is 84.0 Å². The van der Waals surface area contributed by atoms with E-state index in [9.17, 15) is 4.79 Å². The molecule has 1 atom stereocenters. The van der Waals surface area contributed by atoms with Crippen LogP contribution >= 0.6 is 24.0 Å². The first-order chi connectivity index (χ1) is 15.2. The summed E-state index contributed by atoms with van der Waals surface area (Å²) in [6, 6.07) is 15.6. The van der Waals surface area contributed by atoms with Crippen molar-refractivity contribution >= 4 is 35.8 Å². The number of hydrogen-bond acceptors (Lipinski definition) is 4. The average molecular weight is 552 g/mol. The number of carbonyl (C=O) groups is 1. The first-order valence-corrected chi connectivity index (χ1v) is 10.8. The molecular weight excluding hydrogens is 519 g/mol. The molecule has 1 amide bonds. The molecule has 0 aliphatic carbocycles. The van der Waals surface area contributed by atoms with Crippen molar-refractivity contribution in [3.8, 4) is 5.75 Å². The fourth-order valence-corrected chi connectivity index (χ4v) is 3.47. The lowest BCUT2D eigenvalue weighted by Crippen LogP contribution is -2.36. The number of ether oxygens (including phenoxy) is 2. The lowest BCUT2D eigenvalue weighted by molar-refractivity contribution is 0.0857. The highest BCUT2D eigenvalue weighted by molar-refractivity contribution is 14.0. The van der Waals surface area contributed by atoms with Crippen molar-refractivity contribution in [2.75, 3.05) is 26.8 Å². The normalized spacial score (nSPS) is 15.6. The minimum Gasteiger partial charge on any atom is -0.494 e. The Morgan fingerprint density at radius 1 is 1.12 bits per heavy atom. The van der Waals surface area contributed by atoms with Crippen LogP contribution in [0.3, 0.4) is 0 Å². The van der Waals surface area contributed by atoms with Gasteiger partial charge in [-0.2, -0.15) is 0 Å². The Labute approximate surface area is 207 Å². The Hall–Kier alpha value is -2.33. The SMILES string of the molecule is CCOc1ccccc1CNC(=NC)NCc1cccc(C(=O)NCC2CCCO2)c1.I. The summed E-state index contributed by atoms with van der Waals surface area (Å²) < 4.78 is 11.2. The molecule has 0 radical (unpaired) electrons. The van der Waals surface area contributed by atoms with Gasteiger partial charge in [0.15, 0.2) is 5.96 Å². The standard InChI is InChI=1S/C24H32N4O3.HI/c1-3-30-22-12-5-4-9-20(22)16-28-24(25-2)27-15-18-8-6-10-19(14-18)23(29)26-17-21-11-7-13-31-21;/h4-6,8-10,12,14,21H,3,7,11,13,15-17H2,1-2H3,(H,26,29)(H2,25,27,28);1H. The molecule has 3 rings (SSSR count). The van der Waals surface area contributed by atoms with E-state index in [2.05, 4.69) is 20.9 Å². The Kier molecular flexibility index (Phi) is 11.3. The summed E-state index contributed by atoms with van der Waals surface area (Å²) in [6.07, 6.45) is 2.20. The van der Waals surface area contributed by atoms with Gasteiger partial charge in [-0.3, -0.25) is 9.79 Å². The number of amides is 1. The van der Waals surface area contributed by atoms with E-state index in [0.717, 1.165) is 36.3 Å². The van der Waals surface area contributed by atoms with E-state index in [1.54, 1.807) is 7.05 Å². The molecule has 2 aromatic rings. The zero-order valence-corrected chi connectivity index (χ0v) is 21.1. The van der Waals surface area contributed by atoms with Gasteiger partial charge in [0.05, 0.1) is 12.7 Å². The van der Waals surface area contributed by atoms with Crippen LogP contribution < -0.4 is 20.7 Å². The molecule has 0 aromatic heterocycles. The number of benzene rings is 2. The summed E-state index contributed by atoms with van der Waals surface area (Å²) in [5.41, 5.74) is 2.71. The van der Waals surface area contributed by atoms with E-state index < -0.39 is 0 Å². The minimum atomic E-state index is -0.0765. The summed E-state index contributed by atoms with van der Waals surface area (Å²) in [5.74, 6) is 1.47. The van der Waals surface area contributed by atoms with Crippen molar-refractivity contribution in [2.24, 2.45) is 4.99 Å². The summed E-state index contributed by atoms with van der Waals surface area (Å²) in [6.45, 7) is 5.10. The van der Waals surface area contributed by atoms with E-state index in [1.807, 2.05) is 55.5 Å². The van der Waals surface area contributed by atoms with Crippen molar-refractivity contribution in [3.05, 3.63) is 65.2 Å². The van der Waals surface area contributed by atoms with Gasteiger partial charge in [-0.05, 0) is 43.5 Å². The number of guanidine groups is 1. The van der Waals surface area contributed by atoms with E-state index in [-0.39, 0.29) is 36.0 Å². The predicted molar refractivity (Wildman–Crippen MR) is 138 cm³/mol. The molecular formula is C24H33IN4O3. The number of nitrogens with one attached hydrogen (secondary N) is 3. The van der Waals surface area contributed by atoms with Gasteiger partial charge in [0, 0.05) is 44.4 Å². The molecule has 1 heterocycles. The van der Waals surface area contributed by atoms with Gasteiger partial charge in [-0.15, -0.1) is 24.0 Å². The highest BCUT2D eigenvalue weighted by Gasteiger charge is 2.16. The van der Waals surface area contributed by atoms with Gasteiger partial charge in [0.25, 0.3) is 5.91 Å². The molecule has 32 heavy (non-hydrogen) atoms. The monoisotopic (exact) mass is 552 g/mol. The van der Waals surface area contributed by atoms with Crippen LogP contribution in [0.25, 0.3) is 0 Å². The van der Waals surface area contributed by atoms with Crippen LogP contribution in [0.1, 0.15) is 41.3 Å². The average Bonchev–Trinajstić information content (AvgIpc) is 3.33. The molecule has 174 valence electrons. The molecule has 0 bridgehead atoms. The highest BCUT2D eigenvalue weighted by atomic mass is 127. The summed E-state index contributed by atoms with van der Waals surface area (Å²) >= 11 is 0. The molecule has 1 aliphatic heterocycles. The third-order valence-corrected chi connectivity index (χ3v) is 5.11. The number of hydrogen-bond donors (Lipinski definition) is 3. The maximum Gasteiger partial charge on any atom is 0.251 e. The van der Waals surface area contributed by atoms with Crippen LogP contribution in [-0.2, 0) is 17.8 Å². The number of para-hydroxylation sites is 1. The van der Waals surface area contributed by atoms with E-state index in [0.29, 0.717) is 37.8 Å². The summed E-state index contributed by atoms with van der Waals surface area (Å²) in [7, 11) is 1.73. The Balaban J connectivity index is 0.00000363. The maximum absolute atomic E-state index is 12.5. The number of rotatable bonds is 9. The van der Waals surface area contributed by atoms with E-state index >= 15 is 0 Å². The molecule has 7 nitrogen and oxygen atoms in total. The fourth-order valence-electron chi connectivity index (χ4n) is 3.47. The molecule has 1 aliphatic rings. The Bertz CT molecular complexity index is 885. The number of nitrogens with zero attached hydrogens (tertiary/aromatic N) is 1. The third-order valence-electron chi connectivity index (χ3n) is 5.11. The van der Waals surface area contributed by atoms with Crippen molar-refractivity contribution in [1.82, 2.24) is 16.0 Å². The lowest BCUT2D eigenvalue weighted by Gasteiger charge is -2.15. The third kappa shape index (κ3) is 7.98. The van der Waals surface area contributed by atoms with Crippen LogP contribution in [0, 0.1) is 0 Å². The zero-order chi connectivity index (χ0) is 21.9. The van der Waals surface area contributed by atoms with Crippen molar-refractivity contribution in [3.63, 3.8) is 0 Å². The first-order valence-electron chi connectivity index (χ1n) is 10.8. The second kappa shape index (κ2) is 13.9. The number of carbonyl (C=O) groups excluding carboxylic acids is 1. The van der Waals surface area contributed by atoms with Crippen molar-refractivity contribution in [1.29, 1.82) is 0 Å². The van der Waals surface area contributed by atoms with Crippen LogP contribution in [0.4, 0.5) is 0 Å². The quantitative estimate of drug-likeness (QED) is 0.252. The molecule has 3 N–H and O–H groups in total. The summed E-state index contributed by atoms with van der Waals surface area (Å²) in [5, 5.41) is 9.57. The van der Waals surface area contributed by atoms with Gasteiger partial charge in [-0.1, -0.05) is 30.3 Å². The van der Waals surface area contributed by atoms with Gasteiger partial charge in [0.1, 0.15) is 5.75 Å². The van der Waals surface area contributed by atoms with Crippen LogP contribution in [-0.4, -0.2) is 44.8 Å². The summed E-state index contributed by atoms with van der Waals surface area (Å²) in [4.78, 5) is 16.7. The molecule has 0 saturated carbocycles. The van der Waals surface area contributed by atoms with Crippen LogP contribution in [0.15, 0.2) is 53.5 Å². The number of aliphatic imine (C=N–C) groups is 1. The van der Waals surface area contributed by atoms with E-state index in [1.165, 1.54) is 0 Å². The first kappa shape index (κ1) is 25.9. The van der Waals surface area contributed by atoms with Gasteiger partial charge < -0.3 is 25.4 Å². The zero-order valence-electron chi connectivity index (χ0n) is 18.7. The predicted octanol–water partition coefficient (Wildman–Crippen LogP) is 3.48. The fraction of sp³-hybridized carbons (Fsp3) is 0.417. The molecule has 1 fully saturated rings. The Morgan fingerprint density at radius 2 is 1.94 bits per heavy atom. The minimum absolute atomic E-state index is 0. The Morgan fingerprint density at radius 3 is 2.69 bits per heavy atom.